The van der Waals surface area contributed by atoms with Crippen LogP contribution < -0.4 is 14.8 Å². The van der Waals surface area contributed by atoms with E-state index in [9.17, 15) is 4.79 Å². The second-order valence-electron chi connectivity index (χ2n) is 5.20. The van der Waals surface area contributed by atoms with Crippen LogP contribution in [0.2, 0.25) is 0 Å². The predicted octanol–water partition coefficient (Wildman–Crippen LogP) is 2.18. The molecular weight excluding hydrogens is 280 g/mol. The van der Waals surface area contributed by atoms with Crippen molar-refractivity contribution >= 4 is 11.5 Å². The molecule has 3 heterocycles. The maximum atomic E-state index is 12.3. The van der Waals surface area contributed by atoms with E-state index < -0.39 is 0 Å². The van der Waals surface area contributed by atoms with Gasteiger partial charge in [-0.1, -0.05) is 0 Å². The number of ether oxygens (including phenoxy) is 2. The first-order valence-electron chi connectivity index (χ1n) is 7.14. The number of carbonyl (C=O) groups is 1. The van der Waals surface area contributed by atoms with Crippen LogP contribution in [0.25, 0.3) is 5.70 Å². The van der Waals surface area contributed by atoms with Crippen LogP contribution in [-0.2, 0) is 6.42 Å². The standard InChI is InChI=1S/C17H14N2O3/c20-15(12-2-1-4-18-9-12)8-14-13-7-17-16(21-10-22-17)6-11(13)3-5-19-14/h1-2,4,6-9,19H,3,5,10H2/b14-8-. The minimum Gasteiger partial charge on any atom is -0.454 e. The summed E-state index contributed by atoms with van der Waals surface area (Å²) in [6, 6.07) is 7.45. The Kier molecular flexibility index (Phi) is 3.04. The Labute approximate surface area is 127 Å². The van der Waals surface area contributed by atoms with Crippen LogP contribution in [0.5, 0.6) is 11.5 Å². The number of pyridine rings is 1. The summed E-state index contributed by atoms with van der Waals surface area (Å²) in [5.74, 6) is 1.43. The van der Waals surface area contributed by atoms with Gasteiger partial charge in [-0.25, -0.2) is 0 Å². The van der Waals surface area contributed by atoms with Crippen molar-refractivity contribution in [3.8, 4) is 11.5 Å². The topological polar surface area (TPSA) is 60.5 Å². The summed E-state index contributed by atoms with van der Waals surface area (Å²) in [5, 5.41) is 3.29. The van der Waals surface area contributed by atoms with Gasteiger partial charge in [-0.3, -0.25) is 9.78 Å². The average Bonchev–Trinajstić information content (AvgIpc) is 3.01. The van der Waals surface area contributed by atoms with Gasteiger partial charge in [-0.15, -0.1) is 0 Å². The van der Waals surface area contributed by atoms with Crippen molar-refractivity contribution in [1.29, 1.82) is 0 Å². The number of nitrogens with zero attached hydrogens (tertiary/aromatic N) is 1. The van der Waals surface area contributed by atoms with Gasteiger partial charge >= 0.3 is 0 Å². The number of ketones is 1. The molecule has 22 heavy (non-hydrogen) atoms. The molecular formula is C17H14N2O3. The molecule has 0 saturated carbocycles. The number of nitrogens with one attached hydrogen (secondary N) is 1. The van der Waals surface area contributed by atoms with Crippen LogP contribution in [0.15, 0.2) is 42.7 Å². The number of aromatic nitrogens is 1. The second-order valence-corrected chi connectivity index (χ2v) is 5.20. The first-order chi connectivity index (χ1) is 10.8. The second kappa shape index (κ2) is 5.18. The number of rotatable bonds is 2. The number of hydrogen-bond donors (Lipinski definition) is 1. The molecule has 0 atom stereocenters. The molecule has 2 aliphatic rings. The van der Waals surface area contributed by atoms with Crippen LogP contribution in [0.3, 0.4) is 0 Å². The molecule has 0 saturated heterocycles. The Hall–Kier alpha value is -2.82. The number of carbonyl (C=O) groups excluding carboxylic acids is 1. The molecule has 0 bridgehead atoms. The molecule has 5 heteroatoms. The van der Waals surface area contributed by atoms with Gasteiger partial charge in [0.25, 0.3) is 0 Å². The molecule has 110 valence electrons. The van der Waals surface area contributed by atoms with Crippen molar-refractivity contribution in [1.82, 2.24) is 10.3 Å². The highest BCUT2D eigenvalue weighted by atomic mass is 16.7. The molecule has 2 aliphatic heterocycles. The third kappa shape index (κ3) is 2.20. The molecule has 0 fully saturated rings. The normalized spacial score (nSPS) is 17.0. The Morgan fingerprint density at radius 2 is 2.14 bits per heavy atom. The Morgan fingerprint density at radius 3 is 2.95 bits per heavy atom. The van der Waals surface area contributed by atoms with Crippen molar-refractivity contribution in [3.63, 3.8) is 0 Å². The van der Waals surface area contributed by atoms with Crippen molar-refractivity contribution in [3.05, 3.63) is 59.4 Å². The molecule has 1 aromatic heterocycles. The van der Waals surface area contributed by atoms with Crippen molar-refractivity contribution < 1.29 is 14.3 Å². The van der Waals surface area contributed by atoms with Crippen LogP contribution in [-0.4, -0.2) is 24.1 Å². The number of benzene rings is 1. The fourth-order valence-corrected chi connectivity index (χ4v) is 2.72. The molecule has 2 aromatic rings. The lowest BCUT2D eigenvalue weighted by molar-refractivity contribution is 0.104. The Bertz CT molecular complexity index is 769. The van der Waals surface area contributed by atoms with E-state index in [0.717, 1.165) is 41.3 Å². The minimum atomic E-state index is -0.0684. The quantitative estimate of drug-likeness (QED) is 0.679. The fraction of sp³-hybridized carbons (Fsp3) is 0.176. The highest BCUT2D eigenvalue weighted by Crippen LogP contribution is 2.38. The third-order valence-electron chi connectivity index (χ3n) is 3.82. The zero-order valence-corrected chi connectivity index (χ0v) is 11.8. The molecule has 1 N–H and O–H groups in total. The van der Waals surface area contributed by atoms with E-state index in [1.807, 2.05) is 12.1 Å². The fourth-order valence-electron chi connectivity index (χ4n) is 2.72. The van der Waals surface area contributed by atoms with Crippen LogP contribution in [0.1, 0.15) is 21.5 Å². The van der Waals surface area contributed by atoms with E-state index in [1.165, 1.54) is 0 Å². The van der Waals surface area contributed by atoms with Gasteiger partial charge in [0.15, 0.2) is 17.3 Å². The molecule has 1 aromatic carbocycles. The molecule has 0 unspecified atom stereocenters. The van der Waals surface area contributed by atoms with E-state index in [4.69, 9.17) is 9.47 Å². The lowest BCUT2D eigenvalue weighted by Gasteiger charge is -2.21. The summed E-state index contributed by atoms with van der Waals surface area (Å²) in [6.07, 6.45) is 5.74. The predicted molar refractivity (Wildman–Crippen MR) is 80.8 cm³/mol. The van der Waals surface area contributed by atoms with Crippen LogP contribution in [0.4, 0.5) is 0 Å². The summed E-state index contributed by atoms with van der Waals surface area (Å²) >= 11 is 0. The summed E-state index contributed by atoms with van der Waals surface area (Å²) in [4.78, 5) is 16.3. The molecule has 4 rings (SSSR count). The lowest BCUT2D eigenvalue weighted by Crippen LogP contribution is -2.23. The summed E-state index contributed by atoms with van der Waals surface area (Å²) < 4.78 is 10.8. The van der Waals surface area contributed by atoms with Gasteiger partial charge in [0.2, 0.25) is 6.79 Å². The molecule has 0 spiro atoms. The summed E-state index contributed by atoms with van der Waals surface area (Å²) in [7, 11) is 0. The minimum absolute atomic E-state index is 0.0684. The first-order valence-corrected chi connectivity index (χ1v) is 7.14. The molecule has 0 aliphatic carbocycles. The van der Waals surface area contributed by atoms with Gasteiger partial charge in [-0.05, 0) is 36.2 Å². The van der Waals surface area contributed by atoms with Crippen LogP contribution in [0, 0.1) is 0 Å². The number of hydrogen-bond acceptors (Lipinski definition) is 5. The third-order valence-corrected chi connectivity index (χ3v) is 3.82. The van der Waals surface area contributed by atoms with Crippen molar-refractivity contribution in [2.75, 3.05) is 13.3 Å². The van der Waals surface area contributed by atoms with E-state index in [2.05, 4.69) is 10.3 Å². The zero-order valence-electron chi connectivity index (χ0n) is 11.8. The zero-order chi connectivity index (χ0) is 14.9. The maximum absolute atomic E-state index is 12.3. The smallest absolute Gasteiger partial charge is 0.231 e. The van der Waals surface area contributed by atoms with E-state index in [0.29, 0.717) is 5.56 Å². The van der Waals surface area contributed by atoms with Crippen LogP contribution >= 0.6 is 0 Å². The van der Waals surface area contributed by atoms with Crippen molar-refractivity contribution in [2.45, 2.75) is 6.42 Å². The average molecular weight is 294 g/mol. The van der Waals surface area contributed by atoms with Gasteiger partial charge in [0.1, 0.15) is 0 Å². The summed E-state index contributed by atoms with van der Waals surface area (Å²) in [6.45, 7) is 1.04. The first kappa shape index (κ1) is 12.9. The Balaban J connectivity index is 1.73. The van der Waals surface area contributed by atoms with E-state index in [-0.39, 0.29) is 12.6 Å². The van der Waals surface area contributed by atoms with Gasteiger partial charge in [0, 0.05) is 41.8 Å². The van der Waals surface area contributed by atoms with Gasteiger partial charge < -0.3 is 14.8 Å². The number of allylic oxidation sites excluding steroid dienone is 1. The van der Waals surface area contributed by atoms with E-state index in [1.54, 1.807) is 30.6 Å². The van der Waals surface area contributed by atoms with Gasteiger partial charge in [0.05, 0.1) is 0 Å². The molecule has 0 radical (unpaired) electrons. The largest absolute Gasteiger partial charge is 0.454 e. The van der Waals surface area contributed by atoms with E-state index >= 15 is 0 Å². The Morgan fingerprint density at radius 1 is 1.27 bits per heavy atom. The SMILES string of the molecule is O=C(/C=C1\NCCc2cc3c(cc21)OCO3)c1cccnc1. The van der Waals surface area contributed by atoms with Gasteiger partial charge in [-0.2, -0.15) is 0 Å². The molecule has 5 nitrogen and oxygen atoms in total. The highest BCUT2D eigenvalue weighted by molar-refractivity contribution is 6.08. The summed E-state index contributed by atoms with van der Waals surface area (Å²) in [5.41, 5.74) is 3.54. The highest BCUT2D eigenvalue weighted by Gasteiger charge is 2.22. The molecule has 0 amide bonds. The van der Waals surface area contributed by atoms with Crippen molar-refractivity contribution in [2.24, 2.45) is 0 Å². The lowest BCUT2D eigenvalue weighted by atomic mass is 9.96. The number of fused-ring (bicyclic) bond motifs is 2. The monoisotopic (exact) mass is 294 g/mol. The maximum Gasteiger partial charge on any atom is 0.231 e.